The molecule has 4 heteroatoms. The van der Waals surface area contributed by atoms with Gasteiger partial charge in [-0.1, -0.05) is 29.3 Å². The van der Waals surface area contributed by atoms with Crippen molar-refractivity contribution in [1.29, 1.82) is 0 Å². The molecule has 0 atom stereocenters. The summed E-state index contributed by atoms with van der Waals surface area (Å²) in [4.78, 5) is 10.9. The topological polar surface area (TPSA) is 26.3 Å². The average molecular weight is 265 g/mol. The van der Waals surface area contributed by atoms with E-state index < -0.39 is 5.82 Å². The van der Waals surface area contributed by atoms with E-state index in [1.54, 1.807) is 24.3 Å². The van der Waals surface area contributed by atoms with Crippen molar-refractivity contribution in [2.75, 3.05) is 0 Å². The first kappa shape index (κ1) is 12.6. The lowest BCUT2D eigenvalue weighted by Gasteiger charge is -2.09. The van der Waals surface area contributed by atoms with Crippen molar-refractivity contribution in [1.82, 2.24) is 0 Å². The Morgan fingerprint density at radius 3 is 2.72 bits per heavy atom. The first-order valence-corrected chi connectivity index (χ1v) is 5.67. The van der Waals surface area contributed by atoms with Crippen molar-refractivity contribution in [2.24, 2.45) is 0 Å². The van der Waals surface area contributed by atoms with E-state index in [0.717, 1.165) is 5.56 Å². The fourth-order valence-corrected chi connectivity index (χ4v) is 1.70. The maximum absolute atomic E-state index is 13.7. The van der Waals surface area contributed by atoms with Crippen LogP contribution in [0.5, 0.6) is 11.5 Å². The summed E-state index contributed by atoms with van der Waals surface area (Å²) in [6.45, 7) is 1.86. The molecule has 18 heavy (non-hydrogen) atoms. The van der Waals surface area contributed by atoms with E-state index in [4.69, 9.17) is 16.3 Å². The van der Waals surface area contributed by atoms with Crippen molar-refractivity contribution in [3.05, 3.63) is 58.4 Å². The molecular formula is C14H10ClFO2. The van der Waals surface area contributed by atoms with Crippen molar-refractivity contribution in [3.63, 3.8) is 0 Å². The minimum atomic E-state index is -0.642. The first-order chi connectivity index (χ1) is 8.61. The van der Waals surface area contributed by atoms with Gasteiger partial charge in [0.1, 0.15) is 5.75 Å². The van der Waals surface area contributed by atoms with Crippen molar-refractivity contribution in [2.45, 2.75) is 6.92 Å². The van der Waals surface area contributed by atoms with Crippen LogP contribution in [0.3, 0.4) is 0 Å². The number of hydrogen-bond donors (Lipinski definition) is 0. The maximum atomic E-state index is 13.7. The third-order valence-corrected chi connectivity index (χ3v) is 2.72. The van der Waals surface area contributed by atoms with Crippen molar-refractivity contribution in [3.8, 4) is 11.5 Å². The molecule has 0 heterocycles. The Balaban J connectivity index is 2.40. The molecule has 0 aliphatic heterocycles. The monoisotopic (exact) mass is 264 g/mol. The van der Waals surface area contributed by atoms with Gasteiger partial charge in [0.05, 0.1) is 10.6 Å². The second-order valence-corrected chi connectivity index (χ2v) is 4.22. The van der Waals surface area contributed by atoms with Crippen molar-refractivity contribution < 1.29 is 13.9 Å². The van der Waals surface area contributed by atoms with E-state index in [0.29, 0.717) is 17.6 Å². The second kappa shape index (κ2) is 5.19. The fraction of sp³-hybridized carbons (Fsp3) is 0.0714. The molecule has 2 rings (SSSR count). The lowest BCUT2D eigenvalue weighted by Crippen LogP contribution is -1.93. The molecule has 0 spiro atoms. The number of ether oxygens (including phenoxy) is 1. The molecule has 0 bridgehead atoms. The summed E-state index contributed by atoms with van der Waals surface area (Å²) < 4.78 is 19.0. The van der Waals surface area contributed by atoms with Crippen LogP contribution in [-0.4, -0.2) is 6.29 Å². The minimum absolute atomic E-state index is 0.00514. The van der Waals surface area contributed by atoms with Crippen LogP contribution in [-0.2, 0) is 0 Å². The molecule has 0 saturated heterocycles. The number of rotatable bonds is 3. The highest BCUT2D eigenvalue weighted by molar-refractivity contribution is 6.30. The number of halogens is 2. The first-order valence-electron chi connectivity index (χ1n) is 5.29. The van der Waals surface area contributed by atoms with Gasteiger partial charge in [0, 0.05) is 0 Å². The van der Waals surface area contributed by atoms with Gasteiger partial charge < -0.3 is 4.74 Å². The molecule has 92 valence electrons. The quantitative estimate of drug-likeness (QED) is 0.769. The van der Waals surface area contributed by atoms with Gasteiger partial charge in [0.15, 0.2) is 17.9 Å². The number of benzene rings is 2. The van der Waals surface area contributed by atoms with E-state index in [1.165, 1.54) is 12.1 Å². The van der Waals surface area contributed by atoms with Gasteiger partial charge in [0.2, 0.25) is 0 Å². The molecule has 0 aromatic heterocycles. The maximum Gasteiger partial charge on any atom is 0.184 e. The molecule has 0 amide bonds. The summed E-state index contributed by atoms with van der Waals surface area (Å²) in [6, 6.07) is 9.54. The molecule has 2 aromatic carbocycles. The Kier molecular flexibility index (Phi) is 3.63. The summed E-state index contributed by atoms with van der Waals surface area (Å²) in [5.41, 5.74) is 1.30. The van der Waals surface area contributed by atoms with Gasteiger partial charge in [-0.15, -0.1) is 0 Å². The smallest absolute Gasteiger partial charge is 0.184 e. The standard InChI is InChI=1S/C14H10ClFO2/c1-9-5-6-12(10(7-9)8-17)18-13-4-2-3-11(15)14(13)16/h2-8H,1H3. The largest absolute Gasteiger partial charge is 0.453 e. The zero-order valence-corrected chi connectivity index (χ0v) is 10.4. The predicted octanol–water partition coefficient (Wildman–Crippen LogP) is 4.39. The molecule has 0 aliphatic rings. The molecule has 0 saturated carbocycles. The Labute approximate surface area is 109 Å². The van der Waals surface area contributed by atoms with Gasteiger partial charge in [-0.25, -0.2) is 4.39 Å². The number of carbonyl (C=O) groups is 1. The van der Waals surface area contributed by atoms with Gasteiger partial charge in [-0.2, -0.15) is 0 Å². The SMILES string of the molecule is Cc1ccc(Oc2cccc(Cl)c2F)c(C=O)c1. The molecule has 0 N–H and O–H groups in total. The summed E-state index contributed by atoms with van der Waals surface area (Å²) in [5.74, 6) is -0.345. The highest BCUT2D eigenvalue weighted by atomic mass is 35.5. The minimum Gasteiger partial charge on any atom is -0.453 e. The lowest BCUT2D eigenvalue weighted by atomic mass is 10.1. The summed E-state index contributed by atoms with van der Waals surface area (Å²) in [7, 11) is 0. The number of aryl methyl sites for hydroxylation is 1. The molecule has 0 unspecified atom stereocenters. The molecule has 0 fully saturated rings. The zero-order chi connectivity index (χ0) is 13.1. The van der Waals surface area contributed by atoms with Crippen LogP contribution in [0.25, 0.3) is 0 Å². The van der Waals surface area contributed by atoms with Crippen LogP contribution in [0, 0.1) is 12.7 Å². The van der Waals surface area contributed by atoms with Crippen LogP contribution >= 0.6 is 11.6 Å². The summed E-state index contributed by atoms with van der Waals surface area (Å²) in [5, 5.41) is -0.0211. The second-order valence-electron chi connectivity index (χ2n) is 3.81. The molecule has 0 radical (unpaired) electrons. The Hall–Kier alpha value is -1.87. The van der Waals surface area contributed by atoms with E-state index in [-0.39, 0.29) is 10.8 Å². The number of hydrogen-bond acceptors (Lipinski definition) is 2. The molecule has 2 nitrogen and oxygen atoms in total. The molecular weight excluding hydrogens is 255 g/mol. The van der Waals surface area contributed by atoms with Crippen LogP contribution in [0.15, 0.2) is 36.4 Å². The van der Waals surface area contributed by atoms with E-state index in [2.05, 4.69) is 0 Å². The third kappa shape index (κ3) is 2.51. The van der Waals surface area contributed by atoms with Crippen LogP contribution in [0.4, 0.5) is 4.39 Å². The Bertz CT molecular complexity index is 596. The normalized spacial score (nSPS) is 10.2. The van der Waals surface area contributed by atoms with Gasteiger partial charge in [-0.3, -0.25) is 4.79 Å². The fourth-order valence-electron chi connectivity index (χ4n) is 1.53. The van der Waals surface area contributed by atoms with Crippen LogP contribution in [0.1, 0.15) is 15.9 Å². The van der Waals surface area contributed by atoms with Gasteiger partial charge in [-0.05, 0) is 31.2 Å². The van der Waals surface area contributed by atoms with E-state index in [1.807, 2.05) is 6.92 Å². The Morgan fingerprint density at radius 1 is 1.22 bits per heavy atom. The van der Waals surface area contributed by atoms with Gasteiger partial charge in [0.25, 0.3) is 0 Å². The number of aldehydes is 1. The summed E-state index contributed by atoms with van der Waals surface area (Å²) >= 11 is 5.65. The van der Waals surface area contributed by atoms with Crippen LogP contribution in [0.2, 0.25) is 5.02 Å². The zero-order valence-electron chi connectivity index (χ0n) is 9.61. The lowest BCUT2D eigenvalue weighted by molar-refractivity contribution is 0.112. The predicted molar refractivity (Wildman–Crippen MR) is 68.1 cm³/mol. The highest BCUT2D eigenvalue weighted by Gasteiger charge is 2.10. The highest BCUT2D eigenvalue weighted by Crippen LogP contribution is 2.30. The van der Waals surface area contributed by atoms with Gasteiger partial charge >= 0.3 is 0 Å². The third-order valence-electron chi connectivity index (χ3n) is 2.43. The number of carbonyl (C=O) groups excluding carboxylic acids is 1. The van der Waals surface area contributed by atoms with Crippen LogP contribution < -0.4 is 4.74 Å². The molecule has 0 aliphatic carbocycles. The summed E-state index contributed by atoms with van der Waals surface area (Å²) in [6.07, 6.45) is 0.671. The molecule has 2 aromatic rings. The van der Waals surface area contributed by atoms with E-state index in [9.17, 15) is 9.18 Å². The van der Waals surface area contributed by atoms with Crippen molar-refractivity contribution >= 4 is 17.9 Å². The van der Waals surface area contributed by atoms with E-state index >= 15 is 0 Å². The Morgan fingerprint density at radius 2 is 2.00 bits per heavy atom. The average Bonchev–Trinajstić information content (AvgIpc) is 2.37.